The van der Waals surface area contributed by atoms with Crippen LogP contribution in [0.5, 0.6) is 0 Å². The number of aliphatic hydroxyl groups is 1. The van der Waals surface area contributed by atoms with Gasteiger partial charge in [0.2, 0.25) is 0 Å². The first kappa shape index (κ1) is 16.2. The van der Waals surface area contributed by atoms with Crippen LogP contribution in [0.2, 0.25) is 0 Å². The molecule has 118 valence electrons. The molecule has 1 aliphatic heterocycles. The molecule has 4 heteroatoms. The summed E-state index contributed by atoms with van der Waals surface area (Å²) in [4.78, 5) is 0. The molecule has 0 bridgehead atoms. The van der Waals surface area contributed by atoms with Crippen molar-refractivity contribution in [2.45, 2.75) is 64.6 Å². The fourth-order valence-corrected chi connectivity index (χ4v) is 3.86. The van der Waals surface area contributed by atoms with Gasteiger partial charge in [-0.05, 0) is 37.5 Å². The lowest BCUT2D eigenvalue weighted by Crippen LogP contribution is -2.51. The van der Waals surface area contributed by atoms with Gasteiger partial charge < -0.3 is 20.5 Å². The lowest BCUT2D eigenvalue weighted by Gasteiger charge is -2.35. The second-order valence-corrected chi connectivity index (χ2v) is 7.44. The highest BCUT2D eigenvalue weighted by molar-refractivity contribution is 4.93. The molecule has 0 radical (unpaired) electrons. The highest BCUT2D eigenvalue weighted by Crippen LogP contribution is 2.30. The zero-order chi connectivity index (χ0) is 14.6. The third-order valence-electron chi connectivity index (χ3n) is 4.73. The van der Waals surface area contributed by atoms with Crippen LogP contribution in [0.3, 0.4) is 0 Å². The first-order valence-electron chi connectivity index (χ1n) is 8.20. The first-order valence-corrected chi connectivity index (χ1v) is 8.20. The molecule has 2 aliphatic rings. The maximum atomic E-state index is 9.58. The maximum Gasteiger partial charge on any atom is 0.0623 e. The summed E-state index contributed by atoms with van der Waals surface area (Å²) >= 11 is 0. The summed E-state index contributed by atoms with van der Waals surface area (Å²) in [6, 6.07) is 1.12. The zero-order valence-corrected chi connectivity index (χ0v) is 13.3. The fraction of sp³-hybridized carbons (Fsp3) is 1.00. The Balaban J connectivity index is 1.81. The molecule has 1 saturated carbocycles. The van der Waals surface area contributed by atoms with Gasteiger partial charge in [-0.25, -0.2) is 0 Å². The largest absolute Gasteiger partial charge is 0.393 e. The minimum Gasteiger partial charge on any atom is -0.393 e. The van der Waals surface area contributed by atoms with Crippen molar-refractivity contribution in [2.75, 3.05) is 26.3 Å². The molecule has 4 nitrogen and oxygen atoms in total. The molecule has 20 heavy (non-hydrogen) atoms. The number of rotatable bonds is 6. The van der Waals surface area contributed by atoms with Crippen LogP contribution in [0.4, 0.5) is 0 Å². The second kappa shape index (κ2) is 7.21. The Bertz CT molecular complexity index is 288. The van der Waals surface area contributed by atoms with E-state index in [1.807, 2.05) is 6.92 Å². The molecule has 1 heterocycles. The average molecular weight is 284 g/mol. The van der Waals surface area contributed by atoms with Crippen LogP contribution in [0.1, 0.15) is 46.5 Å². The van der Waals surface area contributed by atoms with Crippen molar-refractivity contribution in [3.05, 3.63) is 0 Å². The molecule has 0 aromatic rings. The first-order chi connectivity index (χ1) is 9.48. The van der Waals surface area contributed by atoms with Gasteiger partial charge >= 0.3 is 0 Å². The molecular weight excluding hydrogens is 252 g/mol. The Morgan fingerprint density at radius 1 is 1.40 bits per heavy atom. The lowest BCUT2D eigenvalue weighted by atomic mass is 9.86. The van der Waals surface area contributed by atoms with Gasteiger partial charge in [-0.1, -0.05) is 20.3 Å². The molecule has 2 rings (SSSR count). The van der Waals surface area contributed by atoms with E-state index in [0.717, 1.165) is 32.7 Å². The Morgan fingerprint density at radius 3 is 2.85 bits per heavy atom. The molecule has 0 aromatic carbocycles. The Morgan fingerprint density at radius 2 is 2.20 bits per heavy atom. The Labute approximate surface area is 123 Å². The topological polar surface area (TPSA) is 53.5 Å². The molecule has 0 spiro atoms. The van der Waals surface area contributed by atoms with E-state index in [1.54, 1.807) is 0 Å². The monoisotopic (exact) mass is 284 g/mol. The van der Waals surface area contributed by atoms with Crippen molar-refractivity contribution in [1.29, 1.82) is 0 Å². The molecule has 4 atom stereocenters. The van der Waals surface area contributed by atoms with Crippen LogP contribution < -0.4 is 10.6 Å². The van der Waals surface area contributed by atoms with E-state index in [4.69, 9.17) is 4.74 Å². The number of morpholine rings is 1. The SMILES string of the molecule is CC(O)CC(C)(C)CNC1CCCC1C1COCCN1. The van der Waals surface area contributed by atoms with Crippen molar-refractivity contribution in [1.82, 2.24) is 10.6 Å². The lowest BCUT2D eigenvalue weighted by molar-refractivity contribution is 0.0511. The molecule has 2 fully saturated rings. The van der Waals surface area contributed by atoms with Gasteiger partial charge in [0, 0.05) is 25.2 Å². The smallest absolute Gasteiger partial charge is 0.0623 e. The van der Waals surface area contributed by atoms with E-state index in [-0.39, 0.29) is 11.5 Å². The molecule has 1 aliphatic carbocycles. The van der Waals surface area contributed by atoms with Crippen molar-refractivity contribution < 1.29 is 9.84 Å². The summed E-state index contributed by atoms with van der Waals surface area (Å²) < 4.78 is 5.62. The Hall–Kier alpha value is -0.160. The molecular formula is C16H32N2O2. The second-order valence-electron chi connectivity index (χ2n) is 7.44. The van der Waals surface area contributed by atoms with Crippen LogP contribution >= 0.6 is 0 Å². The van der Waals surface area contributed by atoms with E-state index in [1.165, 1.54) is 19.3 Å². The summed E-state index contributed by atoms with van der Waals surface area (Å²) in [6.45, 7) is 10.0. The zero-order valence-electron chi connectivity index (χ0n) is 13.3. The predicted octanol–water partition coefficient (Wildman–Crippen LogP) is 1.53. The number of hydrogen-bond donors (Lipinski definition) is 3. The van der Waals surface area contributed by atoms with Crippen molar-refractivity contribution in [3.63, 3.8) is 0 Å². The minimum absolute atomic E-state index is 0.151. The van der Waals surface area contributed by atoms with Gasteiger partial charge in [0.1, 0.15) is 0 Å². The average Bonchev–Trinajstić information content (AvgIpc) is 2.84. The van der Waals surface area contributed by atoms with Gasteiger partial charge in [-0.3, -0.25) is 0 Å². The quantitative estimate of drug-likeness (QED) is 0.692. The molecule has 3 N–H and O–H groups in total. The normalized spacial score (nSPS) is 33.3. The molecule has 0 amide bonds. The summed E-state index contributed by atoms with van der Waals surface area (Å²) in [6.07, 6.45) is 4.52. The van der Waals surface area contributed by atoms with Crippen molar-refractivity contribution >= 4 is 0 Å². The molecule has 4 unspecified atom stereocenters. The highest BCUT2D eigenvalue weighted by atomic mass is 16.5. The summed E-state index contributed by atoms with van der Waals surface area (Å²) in [5, 5.41) is 17.0. The highest BCUT2D eigenvalue weighted by Gasteiger charge is 2.35. The van der Waals surface area contributed by atoms with Gasteiger partial charge in [-0.2, -0.15) is 0 Å². The van der Waals surface area contributed by atoms with Gasteiger partial charge in [0.05, 0.1) is 19.3 Å². The van der Waals surface area contributed by atoms with Crippen LogP contribution in [-0.2, 0) is 4.74 Å². The maximum absolute atomic E-state index is 9.58. The van der Waals surface area contributed by atoms with Crippen LogP contribution in [0, 0.1) is 11.3 Å². The van der Waals surface area contributed by atoms with E-state index >= 15 is 0 Å². The number of hydrogen-bond acceptors (Lipinski definition) is 4. The van der Waals surface area contributed by atoms with Gasteiger partial charge in [0.25, 0.3) is 0 Å². The van der Waals surface area contributed by atoms with E-state index in [2.05, 4.69) is 24.5 Å². The molecule has 0 aromatic heterocycles. The number of nitrogens with one attached hydrogen (secondary N) is 2. The molecule has 1 saturated heterocycles. The summed E-state index contributed by atoms with van der Waals surface area (Å²) in [5.41, 5.74) is 0.151. The predicted molar refractivity (Wildman–Crippen MR) is 81.8 cm³/mol. The third kappa shape index (κ3) is 4.69. The van der Waals surface area contributed by atoms with Gasteiger partial charge in [-0.15, -0.1) is 0 Å². The standard InChI is InChI=1S/C16H32N2O2/c1-12(19)9-16(2,3)11-18-14-6-4-5-13(14)15-10-20-8-7-17-15/h12-15,17-19H,4-11H2,1-3H3. The van der Waals surface area contributed by atoms with E-state index < -0.39 is 0 Å². The van der Waals surface area contributed by atoms with Crippen LogP contribution in [0.15, 0.2) is 0 Å². The van der Waals surface area contributed by atoms with Crippen molar-refractivity contribution in [2.24, 2.45) is 11.3 Å². The minimum atomic E-state index is -0.223. The summed E-state index contributed by atoms with van der Waals surface area (Å²) in [5.74, 6) is 0.692. The van der Waals surface area contributed by atoms with Crippen molar-refractivity contribution in [3.8, 4) is 0 Å². The number of ether oxygens (including phenoxy) is 1. The summed E-state index contributed by atoms with van der Waals surface area (Å²) in [7, 11) is 0. The Kier molecular flexibility index (Phi) is 5.84. The van der Waals surface area contributed by atoms with E-state index in [9.17, 15) is 5.11 Å². The third-order valence-corrected chi connectivity index (χ3v) is 4.73. The van der Waals surface area contributed by atoms with Crippen LogP contribution in [0.25, 0.3) is 0 Å². The van der Waals surface area contributed by atoms with Crippen LogP contribution in [-0.4, -0.2) is 49.6 Å². The fourth-order valence-electron chi connectivity index (χ4n) is 3.86. The van der Waals surface area contributed by atoms with Gasteiger partial charge in [0.15, 0.2) is 0 Å². The number of aliphatic hydroxyl groups excluding tert-OH is 1. The van der Waals surface area contributed by atoms with E-state index in [0.29, 0.717) is 18.0 Å².